The maximum atomic E-state index is 12.8. The second-order valence-corrected chi connectivity index (χ2v) is 7.03. The van der Waals surface area contributed by atoms with Crippen molar-refractivity contribution in [2.45, 2.75) is 57.0 Å². The first-order valence-electron chi connectivity index (χ1n) is 9.07. The number of anilines is 1. The zero-order valence-corrected chi connectivity index (χ0v) is 14.1. The predicted octanol–water partition coefficient (Wildman–Crippen LogP) is 5.30. The van der Waals surface area contributed by atoms with Crippen LogP contribution in [0.5, 0.6) is 0 Å². The lowest BCUT2D eigenvalue weighted by atomic mass is 9.97. The standard InChI is InChI=1S/C19H22F3N3/c20-19(21,22)14-8-10-15(11-9-14)25-18-16(7-3-4-12-23-18)17(24-25)13-5-1-2-6-13/h8-11,13,23H,1-7,12H2. The van der Waals surface area contributed by atoms with E-state index >= 15 is 0 Å². The number of benzene rings is 1. The lowest BCUT2D eigenvalue weighted by Gasteiger charge is -2.11. The lowest BCUT2D eigenvalue weighted by molar-refractivity contribution is -0.137. The molecule has 2 aromatic rings. The molecular formula is C19H22F3N3. The van der Waals surface area contributed by atoms with Crippen molar-refractivity contribution < 1.29 is 13.2 Å². The molecule has 25 heavy (non-hydrogen) atoms. The van der Waals surface area contributed by atoms with E-state index in [1.54, 1.807) is 0 Å². The Bertz CT molecular complexity index is 741. The Kier molecular flexibility index (Phi) is 4.21. The van der Waals surface area contributed by atoms with Crippen LogP contribution >= 0.6 is 0 Å². The molecule has 134 valence electrons. The summed E-state index contributed by atoms with van der Waals surface area (Å²) in [6.07, 6.45) is 3.71. The van der Waals surface area contributed by atoms with E-state index in [-0.39, 0.29) is 0 Å². The topological polar surface area (TPSA) is 29.9 Å². The maximum absolute atomic E-state index is 12.8. The lowest BCUT2D eigenvalue weighted by Crippen LogP contribution is -2.08. The van der Waals surface area contributed by atoms with Gasteiger partial charge in [0.2, 0.25) is 0 Å². The number of alkyl halides is 3. The summed E-state index contributed by atoms with van der Waals surface area (Å²) >= 11 is 0. The first-order valence-corrected chi connectivity index (χ1v) is 9.07. The number of aromatic nitrogens is 2. The summed E-state index contributed by atoms with van der Waals surface area (Å²) < 4.78 is 40.3. The van der Waals surface area contributed by atoms with Crippen LogP contribution in [0.3, 0.4) is 0 Å². The molecule has 0 radical (unpaired) electrons. The van der Waals surface area contributed by atoms with Gasteiger partial charge >= 0.3 is 6.18 Å². The number of fused-ring (bicyclic) bond motifs is 1. The molecule has 1 fully saturated rings. The first-order chi connectivity index (χ1) is 12.0. The summed E-state index contributed by atoms with van der Waals surface area (Å²) in [6, 6.07) is 5.30. The molecule has 6 heteroatoms. The van der Waals surface area contributed by atoms with Crippen LogP contribution in [0, 0.1) is 0 Å². The van der Waals surface area contributed by atoms with Gasteiger partial charge in [-0.05, 0) is 56.4 Å². The Morgan fingerprint density at radius 1 is 1.00 bits per heavy atom. The second-order valence-electron chi connectivity index (χ2n) is 7.03. The average Bonchev–Trinajstić information content (AvgIpc) is 3.16. The summed E-state index contributed by atoms with van der Waals surface area (Å²) in [5, 5.41) is 8.31. The summed E-state index contributed by atoms with van der Waals surface area (Å²) in [4.78, 5) is 0. The van der Waals surface area contributed by atoms with E-state index in [2.05, 4.69) is 5.32 Å². The van der Waals surface area contributed by atoms with E-state index in [9.17, 15) is 13.2 Å². The summed E-state index contributed by atoms with van der Waals surface area (Å²) in [5.41, 5.74) is 2.48. The highest BCUT2D eigenvalue weighted by Gasteiger charge is 2.31. The van der Waals surface area contributed by atoms with Gasteiger partial charge in [-0.3, -0.25) is 0 Å². The summed E-state index contributed by atoms with van der Waals surface area (Å²) in [5.74, 6) is 1.46. The van der Waals surface area contributed by atoms with Crippen molar-refractivity contribution in [1.29, 1.82) is 0 Å². The largest absolute Gasteiger partial charge is 0.416 e. The molecule has 2 heterocycles. The molecular weight excluding hydrogens is 327 g/mol. The number of nitrogens with zero attached hydrogens (tertiary/aromatic N) is 2. The van der Waals surface area contributed by atoms with Crippen molar-refractivity contribution in [2.75, 3.05) is 11.9 Å². The molecule has 0 amide bonds. The van der Waals surface area contributed by atoms with Gasteiger partial charge in [-0.2, -0.15) is 18.3 Å². The molecule has 0 unspecified atom stereocenters. The molecule has 1 aromatic carbocycles. The van der Waals surface area contributed by atoms with E-state index in [4.69, 9.17) is 5.10 Å². The van der Waals surface area contributed by atoms with Crippen LogP contribution < -0.4 is 5.32 Å². The van der Waals surface area contributed by atoms with Gasteiger partial charge in [0, 0.05) is 18.0 Å². The van der Waals surface area contributed by atoms with Crippen LogP contribution in [-0.2, 0) is 12.6 Å². The first kappa shape index (κ1) is 16.5. The van der Waals surface area contributed by atoms with Crippen molar-refractivity contribution >= 4 is 5.82 Å². The molecule has 4 rings (SSSR count). The Morgan fingerprint density at radius 3 is 2.40 bits per heavy atom. The van der Waals surface area contributed by atoms with Crippen LogP contribution in [0.1, 0.15) is 61.3 Å². The van der Waals surface area contributed by atoms with E-state index in [0.29, 0.717) is 11.6 Å². The van der Waals surface area contributed by atoms with Crippen molar-refractivity contribution in [3.8, 4) is 5.69 Å². The minimum Gasteiger partial charge on any atom is -0.370 e. The van der Waals surface area contributed by atoms with Crippen molar-refractivity contribution in [3.63, 3.8) is 0 Å². The molecule has 1 saturated carbocycles. The fraction of sp³-hybridized carbons (Fsp3) is 0.526. The van der Waals surface area contributed by atoms with Crippen molar-refractivity contribution in [2.24, 2.45) is 0 Å². The normalized spacial score (nSPS) is 18.7. The van der Waals surface area contributed by atoms with Gasteiger partial charge < -0.3 is 5.32 Å². The van der Waals surface area contributed by atoms with Crippen LogP contribution in [0.15, 0.2) is 24.3 Å². The van der Waals surface area contributed by atoms with Gasteiger partial charge in [-0.15, -0.1) is 0 Å². The number of rotatable bonds is 2. The van der Waals surface area contributed by atoms with Crippen LogP contribution in [0.2, 0.25) is 0 Å². The molecule has 1 aliphatic heterocycles. The summed E-state index contributed by atoms with van der Waals surface area (Å²) in [6.45, 7) is 0.878. The Morgan fingerprint density at radius 2 is 1.72 bits per heavy atom. The van der Waals surface area contributed by atoms with E-state index in [0.717, 1.165) is 62.3 Å². The fourth-order valence-electron chi connectivity index (χ4n) is 4.03. The summed E-state index contributed by atoms with van der Waals surface area (Å²) in [7, 11) is 0. The number of hydrogen-bond donors (Lipinski definition) is 1. The van der Waals surface area contributed by atoms with E-state index in [1.165, 1.54) is 30.5 Å². The predicted molar refractivity (Wildman–Crippen MR) is 91.2 cm³/mol. The Labute approximate surface area is 145 Å². The Hall–Kier alpha value is -1.98. The van der Waals surface area contributed by atoms with Gasteiger partial charge in [0.05, 0.1) is 16.9 Å². The number of halogens is 3. The number of nitrogens with one attached hydrogen (secondary N) is 1. The third-order valence-electron chi connectivity index (χ3n) is 5.34. The third-order valence-corrected chi connectivity index (χ3v) is 5.34. The molecule has 1 N–H and O–H groups in total. The van der Waals surface area contributed by atoms with Crippen molar-refractivity contribution in [1.82, 2.24) is 9.78 Å². The third kappa shape index (κ3) is 3.14. The minimum atomic E-state index is -4.31. The average molecular weight is 349 g/mol. The molecule has 1 aliphatic carbocycles. The maximum Gasteiger partial charge on any atom is 0.416 e. The molecule has 0 saturated heterocycles. The zero-order valence-electron chi connectivity index (χ0n) is 14.1. The highest BCUT2D eigenvalue weighted by molar-refractivity contribution is 5.55. The number of hydrogen-bond acceptors (Lipinski definition) is 2. The second kappa shape index (κ2) is 6.39. The van der Waals surface area contributed by atoms with Crippen LogP contribution in [0.4, 0.5) is 19.0 Å². The quantitative estimate of drug-likeness (QED) is 0.798. The van der Waals surface area contributed by atoms with Gasteiger partial charge in [0.25, 0.3) is 0 Å². The molecule has 0 atom stereocenters. The van der Waals surface area contributed by atoms with Gasteiger partial charge in [0.1, 0.15) is 5.82 Å². The van der Waals surface area contributed by atoms with Crippen molar-refractivity contribution in [3.05, 3.63) is 41.1 Å². The minimum absolute atomic E-state index is 0.490. The van der Waals surface area contributed by atoms with Gasteiger partial charge in [0.15, 0.2) is 0 Å². The zero-order chi connectivity index (χ0) is 17.4. The molecule has 3 nitrogen and oxygen atoms in total. The molecule has 2 aliphatic rings. The van der Waals surface area contributed by atoms with Gasteiger partial charge in [-0.25, -0.2) is 4.68 Å². The Balaban J connectivity index is 1.76. The van der Waals surface area contributed by atoms with E-state index in [1.807, 2.05) is 4.68 Å². The molecule has 0 bridgehead atoms. The SMILES string of the molecule is FC(F)(F)c1ccc(-n2nc(C3CCCC3)c3c2NCCCC3)cc1. The molecule has 1 aromatic heterocycles. The van der Waals surface area contributed by atoms with E-state index < -0.39 is 11.7 Å². The fourth-order valence-corrected chi connectivity index (χ4v) is 4.03. The monoisotopic (exact) mass is 349 g/mol. The highest BCUT2D eigenvalue weighted by atomic mass is 19.4. The smallest absolute Gasteiger partial charge is 0.370 e. The molecule has 0 spiro atoms. The highest BCUT2D eigenvalue weighted by Crippen LogP contribution is 2.39. The van der Waals surface area contributed by atoms with Gasteiger partial charge in [-0.1, -0.05) is 12.8 Å². The van der Waals surface area contributed by atoms with Crippen LogP contribution in [0.25, 0.3) is 5.69 Å². The van der Waals surface area contributed by atoms with Crippen LogP contribution in [-0.4, -0.2) is 16.3 Å².